The van der Waals surface area contributed by atoms with Crippen LogP contribution in [0.5, 0.6) is 0 Å². The lowest BCUT2D eigenvalue weighted by atomic mass is 10.0. The predicted molar refractivity (Wildman–Crippen MR) is 243 cm³/mol. The van der Waals surface area contributed by atoms with Crippen molar-refractivity contribution < 1.29 is 4.74 Å². The number of rotatable bonds is 46. The molecule has 0 aliphatic heterocycles. The average molecular weight is 743 g/mol. The van der Waals surface area contributed by atoms with Crippen LogP contribution in [0.15, 0.2) is 23.7 Å². The van der Waals surface area contributed by atoms with Gasteiger partial charge in [-0.25, -0.2) is 0 Å². The number of hydrogen-bond acceptors (Lipinski definition) is 1. The van der Waals surface area contributed by atoms with Crippen molar-refractivity contribution >= 4 is 0 Å². The van der Waals surface area contributed by atoms with E-state index in [1.54, 1.807) is 0 Å². The minimum atomic E-state index is 1.14. The van der Waals surface area contributed by atoms with Gasteiger partial charge < -0.3 is 4.74 Å². The fourth-order valence-electron chi connectivity index (χ4n) is 7.92. The van der Waals surface area contributed by atoms with Crippen molar-refractivity contribution in [1.29, 1.82) is 0 Å². The van der Waals surface area contributed by atoms with Crippen molar-refractivity contribution in [3.8, 4) is 0 Å². The van der Waals surface area contributed by atoms with E-state index in [1.165, 1.54) is 281 Å². The second-order valence-electron chi connectivity index (χ2n) is 17.2. The molecule has 0 unspecified atom stereocenters. The van der Waals surface area contributed by atoms with Crippen LogP contribution in [0.3, 0.4) is 0 Å². The first-order valence-corrected chi connectivity index (χ1v) is 25.3. The Bertz CT molecular complexity index is 659. The van der Waals surface area contributed by atoms with Crippen LogP contribution in [-0.4, -0.2) is 0 Å². The zero-order chi connectivity index (χ0) is 38.4. The van der Waals surface area contributed by atoms with Crippen LogP contribution in [0, 0.1) is 0 Å². The Hall–Kier alpha value is -0.720. The number of allylic oxidation sites excluding steroid dienone is 4. The van der Waals surface area contributed by atoms with E-state index < -0.39 is 0 Å². The molecule has 0 aliphatic rings. The topological polar surface area (TPSA) is 9.23 Å². The maximum atomic E-state index is 6.92. The highest BCUT2D eigenvalue weighted by Gasteiger charge is 2.07. The molecule has 1 nitrogen and oxygen atoms in total. The van der Waals surface area contributed by atoms with Crippen molar-refractivity contribution in [3.05, 3.63) is 23.7 Å². The normalized spacial score (nSPS) is 12.3. The Labute approximate surface area is 337 Å². The van der Waals surface area contributed by atoms with Crippen LogP contribution in [0.1, 0.15) is 310 Å². The first-order valence-electron chi connectivity index (χ1n) is 25.3. The van der Waals surface area contributed by atoms with E-state index in [9.17, 15) is 0 Å². The van der Waals surface area contributed by atoms with Gasteiger partial charge in [0.15, 0.2) is 0 Å². The van der Waals surface area contributed by atoms with Gasteiger partial charge in [-0.3, -0.25) is 0 Å². The Balaban J connectivity index is 4.88. The molecule has 0 aromatic carbocycles. The van der Waals surface area contributed by atoms with Gasteiger partial charge in [-0.1, -0.05) is 259 Å². The van der Waals surface area contributed by atoms with Crippen LogP contribution >= 0.6 is 0 Å². The van der Waals surface area contributed by atoms with E-state index in [2.05, 4.69) is 39.8 Å². The number of unbranched alkanes of at least 4 members (excludes halogenated alkanes) is 38. The highest BCUT2D eigenvalue weighted by molar-refractivity contribution is 5.03. The van der Waals surface area contributed by atoms with Crippen LogP contribution in [0.2, 0.25) is 0 Å². The van der Waals surface area contributed by atoms with Gasteiger partial charge in [0.05, 0.1) is 11.5 Å². The summed E-state index contributed by atoms with van der Waals surface area (Å²) in [6.07, 6.45) is 66.0. The first kappa shape index (κ1) is 52.3. The molecule has 0 bridgehead atoms. The monoisotopic (exact) mass is 743 g/mol. The zero-order valence-corrected chi connectivity index (χ0v) is 37.7. The molecular formula is C52H102O. The van der Waals surface area contributed by atoms with Gasteiger partial charge in [-0.15, -0.1) is 0 Å². The molecule has 316 valence electrons. The molecule has 0 fully saturated rings. The second kappa shape index (κ2) is 47.4. The summed E-state index contributed by atoms with van der Waals surface area (Å²) in [5.74, 6) is 2.61. The number of ether oxygens (including phenoxy) is 1. The summed E-state index contributed by atoms with van der Waals surface area (Å²) in [5, 5.41) is 0. The third-order valence-corrected chi connectivity index (χ3v) is 11.7. The van der Waals surface area contributed by atoms with Gasteiger partial charge >= 0.3 is 0 Å². The quantitative estimate of drug-likeness (QED) is 0.0446. The van der Waals surface area contributed by atoms with Gasteiger partial charge in [-0.05, 0) is 50.7 Å². The summed E-state index contributed by atoms with van der Waals surface area (Å²) in [6.45, 7) is 9.27. The van der Waals surface area contributed by atoms with Gasteiger partial charge in [0.25, 0.3) is 0 Å². The molecule has 1 heteroatoms. The molecule has 0 saturated carbocycles. The molecule has 0 amide bonds. The first-order chi connectivity index (χ1) is 26.3. The standard InChI is InChI=1S/C52H102O/c1-5-9-13-17-21-25-27-29-33-37-41-45-49-51(47-43-39-35-31-23-19-15-11-7-3)53-52(48-44-40-36-32-24-20-16-12-8-4)50-46-42-38-34-30-28-26-22-18-14-10-6-2/h47-48H,5-46,49-50H2,1-4H3. The molecule has 0 spiro atoms. The van der Waals surface area contributed by atoms with E-state index >= 15 is 0 Å². The van der Waals surface area contributed by atoms with Crippen LogP contribution in [0.25, 0.3) is 0 Å². The maximum absolute atomic E-state index is 6.92. The predicted octanol–water partition coefficient (Wildman–Crippen LogP) is 20.0. The zero-order valence-electron chi connectivity index (χ0n) is 37.7. The van der Waals surface area contributed by atoms with Gasteiger partial charge in [0.2, 0.25) is 0 Å². The highest BCUT2D eigenvalue weighted by Crippen LogP contribution is 2.23. The molecule has 0 heterocycles. The molecule has 0 rings (SSSR count). The van der Waals surface area contributed by atoms with Crippen LogP contribution in [-0.2, 0) is 4.74 Å². The van der Waals surface area contributed by atoms with Gasteiger partial charge in [0.1, 0.15) is 0 Å². The molecule has 0 N–H and O–H groups in total. The lowest BCUT2D eigenvalue weighted by molar-refractivity contribution is 0.266. The third kappa shape index (κ3) is 43.9. The molecule has 0 aromatic rings. The van der Waals surface area contributed by atoms with Crippen molar-refractivity contribution in [2.24, 2.45) is 0 Å². The summed E-state index contributed by atoms with van der Waals surface area (Å²) < 4.78 is 6.92. The summed E-state index contributed by atoms with van der Waals surface area (Å²) in [6, 6.07) is 0. The van der Waals surface area contributed by atoms with Crippen LogP contribution in [0.4, 0.5) is 0 Å². The van der Waals surface area contributed by atoms with E-state index in [-0.39, 0.29) is 0 Å². The second-order valence-corrected chi connectivity index (χ2v) is 17.2. The summed E-state index contributed by atoms with van der Waals surface area (Å²) in [4.78, 5) is 0. The van der Waals surface area contributed by atoms with E-state index in [1.807, 2.05) is 0 Å². The average Bonchev–Trinajstić information content (AvgIpc) is 3.17. The minimum absolute atomic E-state index is 1.14. The maximum Gasteiger partial charge on any atom is 0.0996 e. The summed E-state index contributed by atoms with van der Waals surface area (Å²) in [7, 11) is 0. The smallest absolute Gasteiger partial charge is 0.0996 e. The minimum Gasteiger partial charge on any atom is -0.467 e. The molecule has 0 aromatic heterocycles. The summed E-state index contributed by atoms with van der Waals surface area (Å²) in [5.41, 5.74) is 0. The van der Waals surface area contributed by atoms with Crippen molar-refractivity contribution in [2.45, 2.75) is 310 Å². The fraction of sp³-hybridized carbons (Fsp3) is 0.923. The molecule has 53 heavy (non-hydrogen) atoms. The van der Waals surface area contributed by atoms with Crippen molar-refractivity contribution in [2.75, 3.05) is 0 Å². The van der Waals surface area contributed by atoms with Crippen LogP contribution < -0.4 is 0 Å². The fourth-order valence-corrected chi connectivity index (χ4v) is 7.92. The third-order valence-electron chi connectivity index (χ3n) is 11.7. The largest absolute Gasteiger partial charge is 0.467 e. The Morgan fingerprint density at radius 3 is 0.660 bits per heavy atom. The SMILES string of the molecule is CCCCCCCCCCC=C(CCCCCCCCCCCCCC)OC(=CCCCCCCCCCC)CCCCCCCCCCCCCC. The molecular weight excluding hydrogens is 641 g/mol. The molecule has 0 aliphatic carbocycles. The van der Waals surface area contributed by atoms with E-state index in [0.717, 1.165) is 12.8 Å². The lowest BCUT2D eigenvalue weighted by Gasteiger charge is -2.15. The van der Waals surface area contributed by atoms with E-state index in [0.29, 0.717) is 0 Å². The van der Waals surface area contributed by atoms with Crippen molar-refractivity contribution in [1.82, 2.24) is 0 Å². The summed E-state index contributed by atoms with van der Waals surface area (Å²) >= 11 is 0. The Morgan fingerprint density at radius 1 is 0.245 bits per heavy atom. The molecule has 0 saturated heterocycles. The number of hydrogen-bond donors (Lipinski definition) is 0. The molecule has 0 atom stereocenters. The van der Waals surface area contributed by atoms with Gasteiger partial charge in [-0.2, -0.15) is 0 Å². The molecule has 0 radical (unpaired) electrons. The lowest BCUT2D eigenvalue weighted by Crippen LogP contribution is -1.97. The van der Waals surface area contributed by atoms with Crippen molar-refractivity contribution in [3.63, 3.8) is 0 Å². The van der Waals surface area contributed by atoms with E-state index in [4.69, 9.17) is 4.74 Å². The van der Waals surface area contributed by atoms with Gasteiger partial charge in [0, 0.05) is 12.8 Å². The Morgan fingerprint density at radius 2 is 0.434 bits per heavy atom. The Kier molecular flexibility index (Phi) is 46.8. The highest BCUT2D eigenvalue weighted by atomic mass is 16.5.